The van der Waals surface area contributed by atoms with E-state index in [-0.39, 0.29) is 36.0 Å². The van der Waals surface area contributed by atoms with Gasteiger partial charge in [0.1, 0.15) is 0 Å². The molecule has 0 amide bonds. The number of phenols is 2. The summed E-state index contributed by atoms with van der Waals surface area (Å²) in [7, 11) is 0. The number of para-hydroxylation sites is 1. The second-order valence-electron chi connectivity index (χ2n) is 2.47. The van der Waals surface area contributed by atoms with Crippen LogP contribution in [0.1, 0.15) is 11.7 Å². The van der Waals surface area contributed by atoms with Crippen molar-refractivity contribution in [2.75, 3.05) is 6.54 Å². The number of benzene rings is 1. The summed E-state index contributed by atoms with van der Waals surface area (Å²) in [6.07, 6.45) is -0.933. The number of hydrogen-bond donors (Lipinski definition) is 4. The van der Waals surface area contributed by atoms with E-state index in [9.17, 15) is 10.2 Å². The van der Waals surface area contributed by atoms with Gasteiger partial charge in [-0.3, -0.25) is 0 Å². The van der Waals surface area contributed by atoms with Gasteiger partial charge in [-0.2, -0.15) is 0 Å². The zero-order chi connectivity index (χ0) is 9.14. The molecule has 0 bridgehead atoms. The molecule has 4 nitrogen and oxygen atoms in total. The maximum Gasteiger partial charge on any atom is 0.163 e. The van der Waals surface area contributed by atoms with E-state index < -0.39 is 6.10 Å². The highest BCUT2D eigenvalue weighted by Crippen LogP contribution is 2.31. The maximum atomic E-state index is 9.24. The van der Waals surface area contributed by atoms with Gasteiger partial charge in [0.15, 0.2) is 11.5 Å². The van der Waals surface area contributed by atoms with Crippen LogP contribution in [0.4, 0.5) is 0 Å². The number of hydrogen-bond acceptors (Lipinski definition) is 4. The quantitative estimate of drug-likeness (QED) is 0.530. The summed E-state index contributed by atoms with van der Waals surface area (Å²) < 4.78 is 0. The standard InChI is InChI=1S/C8H11NO3.ClH/c9-4-7(11)5-2-1-3-6(10)8(5)12;/h1-3,7,10-12H,4,9H2;1H. The predicted octanol–water partition coefficient (Wildman–Crippen LogP) is 0.512. The fraction of sp³-hybridized carbons (Fsp3) is 0.250. The van der Waals surface area contributed by atoms with Crippen molar-refractivity contribution in [2.45, 2.75) is 6.10 Å². The first-order valence-electron chi connectivity index (χ1n) is 3.55. The number of aliphatic hydroxyl groups is 1. The molecule has 0 radical (unpaired) electrons. The number of aromatic hydroxyl groups is 2. The molecule has 0 aliphatic heterocycles. The molecule has 1 aromatic carbocycles. The second kappa shape index (κ2) is 4.91. The Kier molecular flexibility index (Phi) is 4.55. The van der Waals surface area contributed by atoms with Gasteiger partial charge in [-0.05, 0) is 6.07 Å². The molecule has 5 N–H and O–H groups in total. The van der Waals surface area contributed by atoms with E-state index in [1.807, 2.05) is 0 Å². The van der Waals surface area contributed by atoms with Gasteiger partial charge in [0.25, 0.3) is 0 Å². The fourth-order valence-corrected chi connectivity index (χ4v) is 0.945. The van der Waals surface area contributed by atoms with Gasteiger partial charge in [0, 0.05) is 12.1 Å². The molecule has 0 saturated heterocycles. The van der Waals surface area contributed by atoms with Crippen LogP contribution in [0.25, 0.3) is 0 Å². The van der Waals surface area contributed by atoms with E-state index in [0.29, 0.717) is 0 Å². The van der Waals surface area contributed by atoms with Gasteiger partial charge in [-0.15, -0.1) is 12.4 Å². The summed E-state index contributed by atoms with van der Waals surface area (Å²) in [5, 5.41) is 27.5. The monoisotopic (exact) mass is 205 g/mol. The summed E-state index contributed by atoms with van der Waals surface area (Å²) in [4.78, 5) is 0. The van der Waals surface area contributed by atoms with Gasteiger partial charge in [0.05, 0.1) is 6.10 Å². The van der Waals surface area contributed by atoms with Gasteiger partial charge in [-0.1, -0.05) is 12.1 Å². The van der Waals surface area contributed by atoms with E-state index in [0.717, 1.165) is 0 Å². The molecule has 13 heavy (non-hydrogen) atoms. The van der Waals surface area contributed by atoms with Crippen molar-refractivity contribution in [2.24, 2.45) is 5.73 Å². The third-order valence-electron chi connectivity index (χ3n) is 1.63. The highest BCUT2D eigenvalue weighted by molar-refractivity contribution is 5.85. The second-order valence-corrected chi connectivity index (χ2v) is 2.47. The van der Waals surface area contributed by atoms with Gasteiger partial charge < -0.3 is 21.1 Å². The largest absolute Gasteiger partial charge is 0.504 e. The molecule has 1 rings (SSSR count). The lowest BCUT2D eigenvalue weighted by Gasteiger charge is -2.10. The number of aliphatic hydroxyl groups excluding tert-OH is 1. The summed E-state index contributed by atoms with van der Waals surface area (Å²) in [6, 6.07) is 4.37. The van der Waals surface area contributed by atoms with Crippen LogP contribution in [0.2, 0.25) is 0 Å². The van der Waals surface area contributed by atoms with Crippen molar-refractivity contribution in [1.29, 1.82) is 0 Å². The summed E-state index contributed by atoms with van der Waals surface area (Å²) >= 11 is 0. The Morgan fingerprint density at radius 1 is 1.31 bits per heavy atom. The van der Waals surface area contributed by atoms with Crippen molar-refractivity contribution >= 4 is 12.4 Å². The lowest BCUT2D eigenvalue weighted by Crippen LogP contribution is -2.11. The third kappa shape index (κ3) is 2.48. The summed E-state index contributed by atoms with van der Waals surface area (Å²) in [5.74, 6) is -0.560. The Bertz CT molecular complexity index is 280. The topological polar surface area (TPSA) is 86.7 Å². The van der Waals surface area contributed by atoms with Crippen LogP contribution in [0.15, 0.2) is 18.2 Å². The van der Waals surface area contributed by atoms with Crippen LogP contribution in [-0.2, 0) is 0 Å². The number of rotatable bonds is 2. The number of phenolic OH excluding ortho intramolecular Hbond substituents is 2. The fourth-order valence-electron chi connectivity index (χ4n) is 0.945. The lowest BCUT2D eigenvalue weighted by atomic mass is 10.1. The summed E-state index contributed by atoms with van der Waals surface area (Å²) in [6.45, 7) is 0.0109. The van der Waals surface area contributed by atoms with Crippen LogP contribution >= 0.6 is 12.4 Å². The minimum absolute atomic E-state index is 0. The molecule has 0 aliphatic rings. The average Bonchev–Trinajstić information content (AvgIpc) is 2.08. The Balaban J connectivity index is 0.00000144. The Labute approximate surface area is 82.0 Å². The van der Waals surface area contributed by atoms with Crippen LogP contribution < -0.4 is 5.73 Å². The van der Waals surface area contributed by atoms with E-state index in [2.05, 4.69) is 0 Å². The molecule has 0 aliphatic carbocycles. The number of nitrogens with two attached hydrogens (primary N) is 1. The molecule has 0 spiro atoms. The normalized spacial score (nSPS) is 11.8. The summed E-state index contributed by atoms with van der Waals surface area (Å²) in [5.41, 5.74) is 5.43. The minimum Gasteiger partial charge on any atom is -0.504 e. The van der Waals surface area contributed by atoms with Gasteiger partial charge in [-0.25, -0.2) is 0 Å². The van der Waals surface area contributed by atoms with Crippen LogP contribution in [0.5, 0.6) is 11.5 Å². The first-order chi connectivity index (χ1) is 5.66. The highest BCUT2D eigenvalue weighted by Gasteiger charge is 2.12. The molecular weight excluding hydrogens is 194 g/mol. The molecule has 0 heterocycles. The molecule has 0 saturated carbocycles. The lowest BCUT2D eigenvalue weighted by molar-refractivity contribution is 0.181. The predicted molar refractivity (Wildman–Crippen MR) is 51.0 cm³/mol. The molecule has 5 heteroatoms. The van der Waals surface area contributed by atoms with E-state index >= 15 is 0 Å². The molecule has 74 valence electrons. The van der Waals surface area contributed by atoms with Gasteiger partial charge >= 0.3 is 0 Å². The molecule has 0 aromatic heterocycles. The Hall–Kier alpha value is -0.970. The Morgan fingerprint density at radius 3 is 2.46 bits per heavy atom. The first-order valence-corrected chi connectivity index (χ1v) is 3.55. The van der Waals surface area contributed by atoms with Gasteiger partial charge in [0.2, 0.25) is 0 Å². The smallest absolute Gasteiger partial charge is 0.163 e. The van der Waals surface area contributed by atoms with Crippen LogP contribution in [0.3, 0.4) is 0 Å². The average molecular weight is 206 g/mol. The zero-order valence-electron chi connectivity index (χ0n) is 6.84. The van der Waals surface area contributed by atoms with E-state index in [4.69, 9.17) is 10.8 Å². The van der Waals surface area contributed by atoms with Crippen molar-refractivity contribution in [3.8, 4) is 11.5 Å². The van der Waals surface area contributed by atoms with E-state index in [1.165, 1.54) is 18.2 Å². The maximum absolute atomic E-state index is 9.24. The SMILES string of the molecule is Cl.NCC(O)c1cccc(O)c1O. The Morgan fingerprint density at radius 2 is 1.92 bits per heavy atom. The molecule has 1 atom stereocenters. The van der Waals surface area contributed by atoms with Crippen molar-refractivity contribution < 1.29 is 15.3 Å². The minimum atomic E-state index is -0.933. The number of halogens is 1. The molecule has 1 aromatic rings. The highest BCUT2D eigenvalue weighted by atomic mass is 35.5. The molecule has 0 fully saturated rings. The third-order valence-corrected chi connectivity index (χ3v) is 1.63. The zero-order valence-corrected chi connectivity index (χ0v) is 7.66. The first kappa shape index (κ1) is 12.0. The molecule has 1 unspecified atom stereocenters. The van der Waals surface area contributed by atoms with Crippen molar-refractivity contribution in [3.63, 3.8) is 0 Å². The van der Waals surface area contributed by atoms with Crippen molar-refractivity contribution in [3.05, 3.63) is 23.8 Å². The molecular formula is C8H12ClNO3. The van der Waals surface area contributed by atoms with Crippen LogP contribution in [-0.4, -0.2) is 21.9 Å². The van der Waals surface area contributed by atoms with E-state index in [1.54, 1.807) is 0 Å². The van der Waals surface area contributed by atoms with Crippen LogP contribution in [0, 0.1) is 0 Å². The van der Waals surface area contributed by atoms with Crippen molar-refractivity contribution in [1.82, 2.24) is 0 Å².